The lowest BCUT2D eigenvalue weighted by Gasteiger charge is -1.97. The van der Waals surface area contributed by atoms with Crippen LogP contribution in [0.2, 0.25) is 0 Å². The molecule has 0 aliphatic heterocycles. The van der Waals surface area contributed by atoms with Crippen molar-refractivity contribution in [2.45, 2.75) is 5.51 Å². The van der Waals surface area contributed by atoms with E-state index >= 15 is 0 Å². The van der Waals surface area contributed by atoms with Crippen LogP contribution in [0, 0.1) is 0 Å². The zero-order valence-electron chi connectivity index (χ0n) is 5.61. The highest BCUT2D eigenvalue weighted by atomic mass is 32.2. The molecule has 12 heavy (non-hydrogen) atoms. The number of hydrogen-bond acceptors (Lipinski definition) is 4. The van der Waals surface area contributed by atoms with Crippen LogP contribution in [0.5, 0.6) is 0 Å². The van der Waals surface area contributed by atoms with Gasteiger partial charge in [0.2, 0.25) is 0 Å². The maximum atomic E-state index is 10.7. The molecule has 0 rings (SSSR count). The van der Waals surface area contributed by atoms with Crippen LogP contribution < -0.4 is 0 Å². The van der Waals surface area contributed by atoms with Gasteiger partial charge in [-0.25, -0.2) is 0 Å². The second-order valence-electron chi connectivity index (χ2n) is 1.37. The van der Waals surface area contributed by atoms with E-state index < -0.39 is 15.6 Å². The van der Waals surface area contributed by atoms with E-state index in [-0.39, 0.29) is 13.2 Å². The quantitative estimate of drug-likeness (QED) is 0.397. The van der Waals surface area contributed by atoms with Gasteiger partial charge < -0.3 is 10.2 Å². The van der Waals surface area contributed by atoms with E-state index in [9.17, 15) is 13.2 Å². The molecule has 0 aromatic heterocycles. The van der Waals surface area contributed by atoms with E-state index in [1.807, 2.05) is 0 Å². The van der Waals surface area contributed by atoms with Crippen LogP contribution in [-0.2, 0) is 10.1 Å². The molecule has 0 amide bonds. The van der Waals surface area contributed by atoms with Gasteiger partial charge in [0.15, 0.2) is 0 Å². The Hall–Kier alpha value is -0.380. The van der Waals surface area contributed by atoms with Crippen LogP contribution in [-0.4, -0.2) is 41.9 Å². The molecule has 9 heteroatoms. The number of aliphatic hydroxyl groups is 2. The zero-order valence-corrected chi connectivity index (χ0v) is 6.43. The predicted octanol–water partition coefficient (Wildman–Crippen LogP) is -0.635. The van der Waals surface area contributed by atoms with Gasteiger partial charge in [0.25, 0.3) is 0 Å². The Morgan fingerprint density at radius 2 is 1.25 bits per heavy atom. The van der Waals surface area contributed by atoms with Crippen molar-refractivity contribution >= 4 is 10.1 Å². The van der Waals surface area contributed by atoms with E-state index in [0.717, 1.165) is 0 Å². The summed E-state index contributed by atoms with van der Waals surface area (Å²) in [5.74, 6) is 0. The first-order chi connectivity index (χ1) is 5.16. The molecule has 0 aromatic rings. The third kappa shape index (κ3) is 7.72. The lowest BCUT2D eigenvalue weighted by atomic mass is 10.8. The lowest BCUT2D eigenvalue weighted by molar-refractivity contribution is -0.0510. The fourth-order valence-corrected chi connectivity index (χ4v) is 0. The smallest absolute Gasteiger partial charge is 0.394 e. The van der Waals surface area contributed by atoms with Crippen LogP contribution in [0.25, 0.3) is 0 Å². The van der Waals surface area contributed by atoms with Crippen molar-refractivity contribution in [3.8, 4) is 0 Å². The van der Waals surface area contributed by atoms with Gasteiger partial charge in [0, 0.05) is 0 Å². The normalized spacial score (nSPS) is 11.8. The molecule has 0 radical (unpaired) electrons. The molecule has 0 unspecified atom stereocenters. The molecular formula is C3H7F3O5S. The minimum atomic E-state index is -5.84. The number of aliphatic hydroxyl groups excluding tert-OH is 2. The number of halogens is 3. The first-order valence-electron chi connectivity index (χ1n) is 2.42. The number of hydrogen-bond donors (Lipinski definition) is 3. The van der Waals surface area contributed by atoms with Gasteiger partial charge in [-0.05, 0) is 0 Å². The Kier molecular flexibility index (Phi) is 6.25. The van der Waals surface area contributed by atoms with E-state index in [4.69, 9.17) is 23.2 Å². The van der Waals surface area contributed by atoms with Crippen molar-refractivity contribution in [2.75, 3.05) is 13.2 Å². The van der Waals surface area contributed by atoms with E-state index in [1.54, 1.807) is 0 Å². The second kappa shape index (κ2) is 5.30. The van der Waals surface area contributed by atoms with Crippen LogP contribution >= 0.6 is 0 Å². The molecule has 76 valence electrons. The van der Waals surface area contributed by atoms with Crippen molar-refractivity contribution in [3.05, 3.63) is 0 Å². The molecule has 0 atom stereocenters. The van der Waals surface area contributed by atoms with Crippen molar-refractivity contribution in [1.29, 1.82) is 0 Å². The topological polar surface area (TPSA) is 94.8 Å². The Labute approximate surface area is 66.2 Å². The highest BCUT2D eigenvalue weighted by Gasteiger charge is 2.44. The molecule has 0 saturated heterocycles. The molecular weight excluding hydrogens is 205 g/mol. The average molecular weight is 212 g/mol. The fraction of sp³-hybridized carbons (Fsp3) is 1.00. The highest BCUT2D eigenvalue weighted by Crippen LogP contribution is 2.20. The van der Waals surface area contributed by atoms with E-state index in [2.05, 4.69) is 0 Å². The third-order valence-electron chi connectivity index (χ3n) is 0.392. The summed E-state index contributed by atoms with van der Waals surface area (Å²) in [6, 6.07) is 0. The SMILES string of the molecule is O=S(=O)(O)C(F)(F)F.OCCO. The van der Waals surface area contributed by atoms with Gasteiger partial charge in [-0.3, -0.25) is 4.55 Å². The van der Waals surface area contributed by atoms with Gasteiger partial charge in [-0.2, -0.15) is 21.6 Å². The van der Waals surface area contributed by atoms with Gasteiger partial charge in [-0.15, -0.1) is 0 Å². The molecule has 0 aliphatic rings. The summed E-state index contributed by atoms with van der Waals surface area (Å²) in [6.07, 6.45) is 0. The van der Waals surface area contributed by atoms with Gasteiger partial charge >= 0.3 is 15.6 Å². The monoisotopic (exact) mass is 212 g/mol. The first-order valence-corrected chi connectivity index (χ1v) is 3.86. The first kappa shape index (κ1) is 14.2. The summed E-state index contributed by atoms with van der Waals surface area (Å²) >= 11 is 0. The summed E-state index contributed by atoms with van der Waals surface area (Å²) in [6.45, 7) is -0.250. The number of rotatable bonds is 1. The summed E-state index contributed by atoms with van der Waals surface area (Å²) in [7, 11) is -5.84. The van der Waals surface area contributed by atoms with Crippen LogP contribution in [0.4, 0.5) is 13.2 Å². The van der Waals surface area contributed by atoms with Crippen molar-refractivity contribution in [1.82, 2.24) is 0 Å². The maximum absolute atomic E-state index is 10.7. The maximum Gasteiger partial charge on any atom is 0.522 e. The van der Waals surface area contributed by atoms with Crippen molar-refractivity contribution < 1.29 is 36.4 Å². The van der Waals surface area contributed by atoms with Gasteiger partial charge in [0.05, 0.1) is 13.2 Å². The molecule has 0 heterocycles. The van der Waals surface area contributed by atoms with Crippen molar-refractivity contribution in [3.63, 3.8) is 0 Å². The van der Waals surface area contributed by atoms with E-state index in [1.165, 1.54) is 0 Å². The van der Waals surface area contributed by atoms with Crippen LogP contribution in [0.1, 0.15) is 0 Å². The minimum absolute atomic E-state index is 0.125. The summed E-state index contributed by atoms with van der Waals surface area (Å²) in [5.41, 5.74) is -5.53. The van der Waals surface area contributed by atoms with E-state index in [0.29, 0.717) is 0 Å². The molecule has 0 fully saturated rings. The second-order valence-corrected chi connectivity index (χ2v) is 2.78. The molecule has 0 aromatic carbocycles. The Morgan fingerprint density at radius 1 is 1.08 bits per heavy atom. The molecule has 0 spiro atoms. The largest absolute Gasteiger partial charge is 0.522 e. The molecule has 0 aliphatic carbocycles. The minimum Gasteiger partial charge on any atom is -0.394 e. The summed E-state index contributed by atoms with van der Waals surface area (Å²) in [4.78, 5) is 0. The molecule has 0 bridgehead atoms. The Balaban J connectivity index is 0. The standard InChI is InChI=1S/C2H6O2.CHF3O3S/c3-1-2-4;2-1(3,4)8(5,6)7/h3-4H,1-2H2;(H,5,6,7). The molecule has 5 nitrogen and oxygen atoms in total. The predicted molar refractivity (Wildman–Crippen MR) is 31.8 cm³/mol. The average Bonchev–Trinajstić information content (AvgIpc) is 1.84. The van der Waals surface area contributed by atoms with Gasteiger partial charge in [-0.1, -0.05) is 0 Å². The fourth-order valence-electron chi connectivity index (χ4n) is 0. The van der Waals surface area contributed by atoms with Crippen molar-refractivity contribution in [2.24, 2.45) is 0 Å². The highest BCUT2D eigenvalue weighted by molar-refractivity contribution is 7.86. The molecule has 3 N–H and O–H groups in total. The zero-order chi connectivity index (χ0) is 10.4. The number of alkyl halides is 3. The lowest BCUT2D eigenvalue weighted by Crippen LogP contribution is -2.21. The van der Waals surface area contributed by atoms with Gasteiger partial charge in [0.1, 0.15) is 0 Å². The van der Waals surface area contributed by atoms with Crippen LogP contribution in [0.15, 0.2) is 0 Å². The molecule has 0 saturated carbocycles. The summed E-state index contributed by atoms with van der Waals surface area (Å²) in [5, 5.41) is 15.2. The Bertz CT molecular complexity index is 192. The third-order valence-corrected chi connectivity index (χ3v) is 0.977. The Morgan fingerprint density at radius 3 is 1.25 bits per heavy atom. The summed E-state index contributed by atoms with van der Waals surface area (Å²) < 4.78 is 57.5. The van der Waals surface area contributed by atoms with Crippen LogP contribution in [0.3, 0.4) is 0 Å².